The van der Waals surface area contributed by atoms with E-state index in [2.05, 4.69) is 10.3 Å². The molecule has 2 N–H and O–H groups in total. The van der Waals surface area contributed by atoms with Crippen molar-refractivity contribution in [1.29, 1.82) is 0 Å². The van der Waals surface area contributed by atoms with Crippen molar-refractivity contribution >= 4 is 23.5 Å². The van der Waals surface area contributed by atoms with Gasteiger partial charge in [-0.05, 0) is 12.5 Å². The van der Waals surface area contributed by atoms with Gasteiger partial charge in [0.25, 0.3) is 5.91 Å². The average Bonchev–Trinajstić information content (AvgIpc) is 2.34. The highest BCUT2D eigenvalue weighted by molar-refractivity contribution is 6.33. The van der Waals surface area contributed by atoms with Crippen LogP contribution in [0, 0.1) is 5.92 Å². The van der Waals surface area contributed by atoms with E-state index < -0.39 is 11.9 Å². The molecule has 6 heteroatoms. The molecule has 0 aliphatic carbocycles. The van der Waals surface area contributed by atoms with Crippen molar-refractivity contribution < 1.29 is 14.7 Å². The second-order valence-corrected chi connectivity index (χ2v) is 4.30. The van der Waals surface area contributed by atoms with Crippen LogP contribution in [-0.4, -0.2) is 28.5 Å². The highest BCUT2D eigenvalue weighted by Crippen LogP contribution is 2.13. The first-order valence-electron chi connectivity index (χ1n) is 5.66. The van der Waals surface area contributed by atoms with Crippen LogP contribution in [-0.2, 0) is 4.79 Å². The molecule has 0 saturated heterocycles. The van der Waals surface area contributed by atoms with Crippen molar-refractivity contribution in [2.75, 3.05) is 6.54 Å². The van der Waals surface area contributed by atoms with E-state index in [0.717, 1.165) is 6.42 Å². The van der Waals surface area contributed by atoms with E-state index in [1.165, 1.54) is 18.5 Å². The van der Waals surface area contributed by atoms with Gasteiger partial charge in [-0.15, -0.1) is 0 Å². The normalized spacial score (nSPS) is 11.9. The third kappa shape index (κ3) is 4.00. The number of hydrogen-bond donors (Lipinski definition) is 2. The van der Waals surface area contributed by atoms with Gasteiger partial charge >= 0.3 is 5.97 Å². The van der Waals surface area contributed by atoms with Crippen molar-refractivity contribution in [1.82, 2.24) is 10.3 Å². The molecule has 1 aromatic heterocycles. The van der Waals surface area contributed by atoms with Crippen LogP contribution in [0.3, 0.4) is 0 Å². The third-order valence-corrected chi connectivity index (χ3v) is 2.81. The SMILES string of the molecule is CCCC(CNC(=O)c1ccncc1Cl)C(=O)O. The van der Waals surface area contributed by atoms with Gasteiger partial charge in [-0.1, -0.05) is 24.9 Å². The summed E-state index contributed by atoms with van der Waals surface area (Å²) in [5.41, 5.74) is 0.298. The van der Waals surface area contributed by atoms with E-state index in [1.54, 1.807) is 0 Å². The minimum absolute atomic E-state index is 0.0979. The maximum atomic E-state index is 11.8. The molecule has 5 nitrogen and oxygen atoms in total. The molecule has 0 aliphatic heterocycles. The Morgan fingerprint density at radius 3 is 2.83 bits per heavy atom. The van der Waals surface area contributed by atoms with Gasteiger partial charge in [-0.25, -0.2) is 0 Å². The van der Waals surface area contributed by atoms with E-state index in [0.29, 0.717) is 12.0 Å². The predicted molar refractivity (Wildman–Crippen MR) is 67.6 cm³/mol. The highest BCUT2D eigenvalue weighted by Gasteiger charge is 2.18. The highest BCUT2D eigenvalue weighted by atomic mass is 35.5. The molecule has 1 unspecified atom stereocenters. The summed E-state index contributed by atoms with van der Waals surface area (Å²) in [6.07, 6.45) is 4.11. The van der Waals surface area contributed by atoms with Gasteiger partial charge in [0.1, 0.15) is 0 Å². The quantitative estimate of drug-likeness (QED) is 0.828. The van der Waals surface area contributed by atoms with Gasteiger partial charge < -0.3 is 10.4 Å². The molecule has 98 valence electrons. The van der Waals surface area contributed by atoms with Crippen LogP contribution in [0.25, 0.3) is 0 Å². The summed E-state index contributed by atoms with van der Waals surface area (Å²) >= 11 is 5.82. The molecule has 0 bridgehead atoms. The van der Waals surface area contributed by atoms with Crippen molar-refractivity contribution in [2.24, 2.45) is 5.92 Å². The molecule has 1 amide bonds. The lowest BCUT2D eigenvalue weighted by molar-refractivity contribution is -0.141. The van der Waals surface area contributed by atoms with E-state index in [9.17, 15) is 9.59 Å². The number of carbonyl (C=O) groups is 2. The maximum absolute atomic E-state index is 11.8. The minimum Gasteiger partial charge on any atom is -0.481 e. The zero-order chi connectivity index (χ0) is 13.5. The van der Waals surface area contributed by atoms with Gasteiger partial charge in [-0.2, -0.15) is 0 Å². The lowest BCUT2D eigenvalue weighted by Gasteiger charge is -2.12. The minimum atomic E-state index is -0.905. The Bertz CT molecular complexity index is 437. The summed E-state index contributed by atoms with van der Waals surface area (Å²) in [5, 5.41) is 11.8. The van der Waals surface area contributed by atoms with Gasteiger partial charge in [0.05, 0.1) is 16.5 Å². The number of carboxylic acid groups (broad SMARTS) is 1. The van der Waals surface area contributed by atoms with Crippen LogP contribution in [0.2, 0.25) is 5.02 Å². The molecule has 0 aliphatic rings. The maximum Gasteiger partial charge on any atom is 0.308 e. The molecular formula is C12H15ClN2O3. The van der Waals surface area contributed by atoms with E-state index in [4.69, 9.17) is 16.7 Å². The number of aromatic nitrogens is 1. The fourth-order valence-electron chi connectivity index (χ4n) is 1.53. The van der Waals surface area contributed by atoms with Crippen molar-refractivity contribution in [3.05, 3.63) is 29.0 Å². The fraction of sp³-hybridized carbons (Fsp3) is 0.417. The Kier molecular flexibility index (Phi) is 5.58. The van der Waals surface area contributed by atoms with Crippen LogP contribution >= 0.6 is 11.6 Å². The van der Waals surface area contributed by atoms with Gasteiger partial charge in [0, 0.05) is 18.9 Å². The lowest BCUT2D eigenvalue weighted by Crippen LogP contribution is -2.33. The molecule has 0 spiro atoms. The Hall–Kier alpha value is -1.62. The largest absolute Gasteiger partial charge is 0.481 e. The number of amides is 1. The van der Waals surface area contributed by atoms with Gasteiger partial charge in [-0.3, -0.25) is 14.6 Å². The van der Waals surface area contributed by atoms with E-state index in [1.807, 2.05) is 6.92 Å². The fourth-order valence-corrected chi connectivity index (χ4v) is 1.74. The standard InChI is InChI=1S/C12H15ClN2O3/c1-2-3-8(12(17)18)6-15-11(16)9-4-5-14-7-10(9)13/h4-5,7-8H,2-3,6H2,1H3,(H,15,16)(H,17,18). The second kappa shape index (κ2) is 6.96. The summed E-state index contributed by atoms with van der Waals surface area (Å²) < 4.78 is 0. The van der Waals surface area contributed by atoms with Crippen molar-refractivity contribution in [3.63, 3.8) is 0 Å². The van der Waals surface area contributed by atoms with Crippen LogP contribution in [0.1, 0.15) is 30.1 Å². The molecule has 1 aromatic rings. The number of pyridine rings is 1. The zero-order valence-corrected chi connectivity index (χ0v) is 10.8. The Morgan fingerprint density at radius 2 is 2.28 bits per heavy atom. The van der Waals surface area contributed by atoms with Gasteiger partial charge in [0.2, 0.25) is 0 Å². The van der Waals surface area contributed by atoms with Crippen LogP contribution in [0.15, 0.2) is 18.5 Å². The molecule has 0 saturated carbocycles. The number of aliphatic carboxylic acids is 1. The summed E-state index contributed by atoms with van der Waals surface area (Å²) in [7, 11) is 0. The first-order chi connectivity index (χ1) is 8.56. The van der Waals surface area contributed by atoms with Gasteiger partial charge in [0.15, 0.2) is 0 Å². The van der Waals surface area contributed by atoms with Crippen LogP contribution in [0.4, 0.5) is 0 Å². The topological polar surface area (TPSA) is 79.3 Å². The summed E-state index contributed by atoms with van der Waals surface area (Å²) in [5.74, 6) is -1.86. The number of rotatable bonds is 6. The first kappa shape index (κ1) is 14.4. The molecule has 18 heavy (non-hydrogen) atoms. The van der Waals surface area contributed by atoms with E-state index in [-0.39, 0.29) is 17.5 Å². The summed E-state index contributed by atoms with van der Waals surface area (Å²) in [6, 6.07) is 1.49. The lowest BCUT2D eigenvalue weighted by atomic mass is 10.0. The second-order valence-electron chi connectivity index (χ2n) is 3.89. The zero-order valence-electron chi connectivity index (χ0n) is 10.0. The Morgan fingerprint density at radius 1 is 1.56 bits per heavy atom. The third-order valence-electron chi connectivity index (χ3n) is 2.51. The average molecular weight is 271 g/mol. The summed E-state index contributed by atoms with van der Waals surface area (Å²) in [6.45, 7) is 2.00. The number of carboxylic acids is 1. The Labute approximate surface area is 110 Å². The smallest absolute Gasteiger partial charge is 0.308 e. The number of halogens is 1. The number of nitrogens with zero attached hydrogens (tertiary/aromatic N) is 1. The molecule has 1 rings (SSSR count). The predicted octanol–water partition coefficient (Wildman–Crippen LogP) is 1.97. The first-order valence-corrected chi connectivity index (χ1v) is 6.04. The molecule has 0 fully saturated rings. The van der Waals surface area contributed by atoms with Crippen LogP contribution in [0.5, 0.6) is 0 Å². The molecular weight excluding hydrogens is 256 g/mol. The monoisotopic (exact) mass is 270 g/mol. The Balaban J connectivity index is 2.60. The van der Waals surface area contributed by atoms with E-state index >= 15 is 0 Å². The summed E-state index contributed by atoms with van der Waals surface area (Å²) in [4.78, 5) is 26.5. The van der Waals surface area contributed by atoms with Crippen molar-refractivity contribution in [2.45, 2.75) is 19.8 Å². The molecule has 1 atom stereocenters. The van der Waals surface area contributed by atoms with Crippen LogP contribution < -0.4 is 5.32 Å². The number of nitrogens with one attached hydrogen (secondary N) is 1. The molecule has 1 heterocycles. The van der Waals surface area contributed by atoms with Crippen molar-refractivity contribution in [3.8, 4) is 0 Å². The number of hydrogen-bond acceptors (Lipinski definition) is 3. The number of carbonyl (C=O) groups excluding carboxylic acids is 1. The molecule has 0 radical (unpaired) electrons. The molecule has 0 aromatic carbocycles.